The number of allylic oxidation sites excluding steroid dienone is 13. The van der Waals surface area contributed by atoms with E-state index >= 15 is 0 Å². The fourth-order valence-corrected chi connectivity index (χ4v) is 4.49. The lowest BCUT2D eigenvalue weighted by atomic mass is 10.1. The maximum absolute atomic E-state index is 12.6. The average Bonchev–Trinajstić information content (AvgIpc) is 3.04. The normalized spacial score (nSPS) is 13.1. The molecule has 0 aliphatic heterocycles. The fraction of sp³-hybridized carbons (Fsp3) is 0.575. The van der Waals surface area contributed by atoms with E-state index < -0.39 is 5.97 Å². The van der Waals surface area contributed by atoms with Crippen molar-refractivity contribution < 1.29 is 24.2 Å². The number of hydrogen-bond donors (Lipinski definition) is 2. The molecule has 0 aromatic heterocycles. The summed E-state index contributed by atoms with van der Waals surface area (Å²) in [6.45, 7) is 3.95. The number of amides is 1. The van der Waals surface area contributed by atoms with E-state index in [-0.39, 0.29) is 24.5 Å². The van der Waals surface area contributed by atoms with E-state index in [0.29, 0.717) is 12.8 Å². The molecule has 0 aromatic carbocycles. The Hall–Kier alpha value is -3.41. The summed E-state index contributed by atoms with van der Waals surface area (Å²) in [4.78, 5) is 34.8. The Labute approximate surface area is 280 Å². The zero-order chi connectivity index (χ0) is 33.8. The first-order valence-electron chi connectivity index (χ1n) is 17.7. The summed E-state index contributed by atoms with van der Waals surface area (Å²) in [5.74, 6) is -1.38. The van der Waals surface area contributed by atoms with Crippen molar-refractivity contribution in [2.24, 2.45) is 0 Å². The summed E-state index contributed by atoms with van der Waals surface area (Å²) in [5.41, 5.74) is 0. The van der Waals surface area contributed by atoms with Crippen LogP contribution in [-0.2, 0) is 19.1 Å². The molecule has 0 spiro atoms. The molecule has 1 amide bonds. The molecule has 0 aliphatic rings. The van der Waals surface area contributed by atoms with Crippen LogP contribution in [0.4, 0.5) is 0 Å². The van der Waals surface area contributed by atoms with Crippen LogP contribution >= 0.6 is 0 Å². The Bertz CT molecular complexity index is 970. The first kappa shape index (κ1) is 42.6. The number of carboxylic acid groups (broad SMARTS) is 1. The van der Waals surface area contributed by atoms with Crippen molar-refractivity contribution in [3.63, 3.8) is 0 Å². The molecule has 0 rings (SSSR count). The van der Waals surface area contributed by atoms with Gasteiger partial charge < -0.3 is 15.2 Å². The molecular weight excluding hydrogens is 574 g/mol. The van der Waals surface area contributed by atoms with Crippen LogP contribution in [0.1, 0.15) is 136 Å². The largest absolute Gasteiger partial charge is 0.480 e. The predicted molar refractivity (Wildman–Crippen MR) is 194 cm³/mol. The van der Waals surface area contributed by atoms with E-state index in [4.69, 9.17) is 9.84 Å². The molecule has 258 valence electrons. The maximum Gasteiger partial charge on any atom is 0.322 e. The lowest BCUT2D eigenvalue weighted by Crippen LogP contribution is -2.28. The highest BCUT2D eigenvalue weighted by Gasteiger charge is 2.11. The molecule has 6 heteroatoms. The van der Waals surface area contributed by atoms with Crippen molar-refractivity contribution in [2.45, 2.75) is 142 Å². The zero-order valence-electron chi connectivity index (χ0n) is 28.9. The van der Waals surface area contributed by atoms with E-state index in [9.17, 15) is 14.4 Å². The van der Waals surface area contributed by atoms with Gasteiger partial charge in [-0.3, -0.25) is 14.4 Å². The minimum absolute atomic E-state index is 0.127. The quantitative estimate of drug-likeness (QED) is 0.0464. The van der Waals surface area contributed by atoms with Crippen molar-refractivity contribution in [3.05, 3.63) is 85.1 Å². The highest BCUT2D eigenvalue weighted by Crippen LogP contribution is 2.14. The molecular formula is C40H63NO5. The smallest absolute Gasteiger partial charge is 0.322 e. The van der Waals surface area contributed by atoms with Gasteiger partial charge in [-0.05, 0) is 89.5 Å². The second-order valence-electron chi connectivity index (χ2n) is 11.4. The molecule has 0 radical (unpaired) electrons. The molecule has 1 atom stereocenters. The highest BCUT2D eigenvalue weighted by molar-refractivity contribution is 5.80. The number of nitrogens with one attached hydrogen (secondary N) is 1. The van der Waals surface area contributed by atoms with E-state index in [1.807, 2.05) is 6.08 Å². The molecule has 0 heterocycles. The molecule has 0 bridgehead atoms. The summed E-state index contributed by atoms with van der Waals surface area (Å²) in [7, 11) is 0. The van der Waals surface area contributed by atoms with E-state index in [1.165, 1.54) is 0 Å². The second kappa shape index (κ2) is 34.5. The van der Waals surface area contributed by atoms with Crippen molar-refractivity contribution in [1.29, 1.82) is 0 Å². The number of unbranched alkanes of at least 4 members (excludes halogenated alkanes) is 7. The van der Waals surface area contributed by atoms with Crippen LogP contribution in [0, 0.1) is 0 Å². The summed E-state index contributed by atoms with van der Waals surface area (Å²) >= 11 is 0. The van der Waals surface area contributed by atoms with Gasteiger partial charge in [-0.15, -0.1) is 0 Å². The van der Waals surface area contributed by atoms with Crippen LogP contribution in [0.2, 0.25) is 0 Å². The molecule has 0 aromatic rings. The molecule has 0 aliphatic carbocycles. The second-order valence-corrected chi connectivity index (χ2v) is 11.4. The third kappa shape index (κ3) is 33.5. The third-order valence-electron chi connectivity index (χ3n) is 7.05. The number of carbonyl (C=O) groups is 3. The number of ether oxygens (including phenoxy) is 1. The number of carboxylic acids is 1. The van der Waals surface area contributed by atoms with E-state index in [2.05, 4.69) is 98.2 Å². The van der Waals surface area contributed by atoms with Gasteiger partial charge in [0.25, 0.3) is 0 Å². The van der Waals surface area contributed by atoms with Gasteiger partial charge in [-0.1, -0.05) is 119 Å². The van der Waals surface area contributed by atoms with Crippen LogP contribution in [0.3, 0.4) is 0 Å². The molecule has 2 N–H and O–H groups in total. The zero-order valence-corrected chi connectivity index (χ0v) is 28.9. The van der Waals surface area contributed by atoms with Gasteiger partial charge in [0.2, 0.25) is 5.91 Å². The monoisotopic (exact) mass is 637 g/mol. The third-order valence-corrected chi connectivity index (χ3v) is 7.05. The number of rotatable bonds is 30. The van der Waals surface area contributed by atoms with Crippen LogP contribution in [0.25, 0.3) is 0 Å². The lowest BCUT2D eigenvalue weighted by Gasteiger charge is -2.14. The van der Waals surface area contributed by atoms with Crippen LogP contribution < -0.4 is 5.32 Å². The maximum atomic E-state index is 12.6. The Morgan fingerprint density at radius 1 is 0.587 bits per heavy atom. The molecule has 0 fully saturated rings. The van der Waals surface area contributed by atoms with Crippen molar-refractivity contribution in [1.82, 2.24) is 5.32 Å². The highest BCUT2D eigenvalue weighted by atomic mass is 16.5. The molecule has 0 saturated carbocycles. The topological polar surface area (TPSA) is 92.7 Å². The predicted octanol–water partition coefficient (Wildman–Crippen LogP) is 10.4. The van der Waals surface area contributed by atoms with Gasteiger partial charge >= 0.3 is 11.9 Å². The standard InChI is InChI=1S/C40H63NO5/c1-3-5-7-9-11-13-15-16-18-20-22-27-31-35-40(45)46-37(32-28-24-21-19-17-14-12-10-8-6-4-2)33-29-25-23-26-30-34-38(42)41-36-39(43)44/h5-8,11-14,16,18-19,21,28,32,37H,3-4,9-10,15,17,20,22-27,29-31,33-36H2,1-2H3,(H,41,42)(H,43,44)/b7-5-,8-6-,13-11-,14-12-,18-16-,21-19-,32-28-. The van der Waals surface area contributed by atoms with Crippen LogP contribution in [0.15, 0.2) is 85.1 Å². The van der Waals surface area contributed by atoms with Gasteiger partial charge in [0, 0.05) is 12.8 Å². The van der Waals surface area contributed by atoms with Gasteiger partial charge in [-0.2, -0.15) is 0 Å². The average molecular weight is 638 g/mol. The summed E-state index contributed by atoms with van der Waals surface area (Å²) in [6.07, 6.45) is 47.1. The van der Waals surface area contributed by atoms with Gasteiger partial charge in [-0.25, -0.2) is 0 Å². The number of hydrogen-bond acceptors (Lipinski definition) is 4. The SMILES string of the molecule is CC/C=C\C/C=C\C/C=C\C/C=C\C(CCCCCCCC(=O)NCC(=O)O)OC(=O)CCCCC/C=C\C/C=C\C/C=C\CC. The minimum atomic E-state index is -1.03. The van der Waals surface area contributed by atoms with E-state index in [0.717, 1.165) is 109 Å². The van der Waals surface area contributed by atoms with Crippen molar-refractivity contribution >= 4 is 17.8 Å². The van der Waals surface area contributed by atoms with E-state index in [1.54, 1.807) is 0 Å². The molecule has 46 heavy (non-hydrogen) atoms. The molecule has 1 unspecified atom stereocenters. The Kier molecular flexibility index (Phi) is 31.9. The molecule has 0 saturated heterocycles. The van der Waals surface area contributed by atoms with Gasteiger partial charge in [0.15, 0.2) is 0 Å². The summed E-state index contributed by atoms with van der Waals surface area (Å²) in [6, 6.07) is 0. The number of aliphatic carboxylic acids is 1. The number of esters is 1. The lowest BCUT2D eigenvalue weighted by molar-refractivity contribution is -0.147. The van der Waals surface area contributed by atoms with Crippen LogP contribution in [0.5, 0.6) is 0 Å². The first-order chi connectivity index (χ1) is 22.5. The minimum Gasteiger partial charge on any atom is -0.480 e. The van der Waals surface area contributed by atoms with Crippen LogP contribution in [-0.4, -0.2) is 35.6 Å². The Morgan fingerprint density at radius 2 is 1.07 bits per heavy atom. The van der Waals surface area contributed by atoms with Crippen molar-refractivity contribution in [3.8, 4) is 0 Å². The summed E-state index contributed by atoms with van der Waals surface area (Å²) < 4.78 is 5.86. The summed E-state index contributed by atoms with van der Waals surface area (Å²) in [5, 5.41) is 11.0. The van der Waals surface area contributed by atoms with Crippen molar-refractivity contribution in [2.75, 3.05) is 6.54 Å². The Morgan fingerprint density at radius 3 is 1.65 bits per heavy atom. The molecule has 6 nitrogen and oxygen atoms in total. The van der Waals surface area contributed by atoms with Gasteiger partial charge in [0.1, 0.15) is 12.6 Å². The Balaban J connectivity index is 4.44. The fourth-order valence-electron chi connectivity index (χ4n) is 4.49. The number of carbonyl (C=O) groups excluding carboxylic acids is 2. The first-order valence-corrected chi connectivity index (χ1v) is 17.7. The van der Waals surface area contributed by atoms with Gasteiger partial charge in [0.05, 0.1) is 0 Å².